The fraction of sp³-hybridized carbons (Fsp3) is 0.833. The van der Waals surface area contributed by atoms with Gasteiger partial charge in [0.2, 0.25) is 5.91 Å². The van der Waals surface area contributed by atoms with Crippen LogP contribution >= 0.6 is 0 Å². The summed E-state index contributed by atoms with van der Waals surface area (Å²) in [5.41, 5.74) is 0. The van der Waals surface area contributed by atoms with Crippen LogP contribution in [-0.2, 0) is 14.4 Å². The number of amides is 1. The summed E-state index contributed by atoms with van der Waals surface area (Å²) < 4.78 is 4.87. The minimum absolute atomic E-state index is 0.0140. The van der Waals surface area contributed by atoms with E-state index < -0.39 is 0 Å². The lowest BCUT2D eigenvalue weighted by atomic mass is 10.6. The number of aliphatic hydroxyl groups is 1. The smallest absolute Gasteiger partial charge is 0.248 e. The van der Waals surface area contributed by atoms with Gasteiger partial charge in [0.15, 0.2) is 0 Å². The van der Waals surface area contributed by atoms with Crippen molar-refractivity contribution in [2.24, 2.45) is 5.90 Å². The van der Waals surface area contributed by atoms with Gasteiger partial charge in [0.1, 0.15) is 6.61 Å². The number of carbonyl (C=O) groups excluding carboxylic acids is 1. The number of carbonyl (C=O) groups is 1. The molecule has 4 N–H and O–H groups in total. The Balaban J connectivity index is 3.03. The maximum absolute atomic E-state index is 10.7. The van der Waals surface area contributed by atoms with Gasteiger partial charge in [-0.3, -0.25) is 9.63 Å². The minimum atomic E-state index is -0.287. The highest BCUT2D eigenvalue weighted by atomic mass is 16.6. The fourth-order valence-corrected chi connectivity index (χ4v) is 0.556. The number of aliphatic hydroxyl groups excluding tert-OH is 1. The van der Waals surface area contributed by atoms with Gasteiger partial charge < -0.3 is 15.2 Å². The average Bonchev–Trinajstić information content (AvgIpc) is 2.05. The molecule has 0 heterocycles. The number of ether oxygens (including phenoxy) is 1. The van der Waals surface area contributed by atoms with E-state index in [9.17, 15) is 4.79 Å². The van der Waals surface area contributed by atoms with Crippen LogP contribution in [0.3, 0.4) is 0 Å². The average molecular weight is 178 g/mol. The molecule has 0 saturated carbocycles. The second-order valence-corrected chi connectivity index (χ2v) is 2.00. The molecule has 72 valence electrons. The number of rotatable bonds is 7. The molecule has 0 aliphatic carbocycles. The Kier molecular flexibility index (Phi) is 7.92. The molecule has 0 rings (SSSR count). The van der Waals surface area contributed by atoms with Crippen molar-refractivity contribution >= 4 is 5.91 Å². The number of hydrogen-bond acceptors (Lipinski definition) is 5. The highest BCUT2D eigenvalue weighted by molar-refractivity contribution is 5.77. The molecule has 0 atom stereocenters. The summed E-state index contributed by atoms with van der Waals surface area (Å²) in [6.45, 7) is 0.877. The zero-order valence-corrected chi connectivity index (χ0v) is 6.78. The first-order valence-electron chi connectivity index (χ1n) is 3.58. The van der Waals surface area contributed by atoms with Crippen LogP contribution in [0.1, 0.15) is 0 Å². The normalized spacial score (nSPS) is 9.83. The van der Waals surface area contributed by atoms with Gasteiger partial charge in [0, 0.05) is 6.54 Å². The first-order chi connectivity index (χ1) is 5.81. The molecule has 0 fully saturated rings. The number of nitrogens with two attached hydrogens (primary N) is 1. The molecular formula is C6H14N2O4. The van der Waals surface area contributed by atoms with E-state index in [0.29, 0.717) is 13.2 Å². The van der Waals surface area contributed by atoms with Crippen LogP contribution in [0.5, 0.6) is 0 Å². The summed E-state index contributed by atoms with van der Waals surface area (Å²) >= 11 is 0. The van der Waals surface area contributed by atoms with Crippen molar-refractivity contribution in [3.63, 3.8) is 0 Å². The lowest BCUT2D eigenvalue weighted by Gasteiger charge is -2.03. The topological polar surface area (TPSA) is 93.8 Å². The Labute approximate surface area is 70.6 Å². The second kappa shape index (κ2) is 8.41. The van der Waals surface area contributed by atoms with Crippen LogP contribution in [0.25, 0.3) is 0 Å². The van der Waals surface area contributed by atoms with Crippen molar-refractivity contribution in [2.75, 3.05) is 33.0 Å². The monoisotopic (exact) mass is 178 g/mol. The third kappa shape index (κ3) is 7.42. The van der Waals surface area contributed by atoms with E-state index in [0.717, 1.165) is 0 Å². The highest BCUT2D eigenvalue weighted by Gasteiger charge is 1.97. The minimum Gasteiger partial charge on any atom is -0.394 e. The van der Waals surface area contributed by atoms with Crippen molar-refractivity contribution in [3.8, 4) is 0 Å². The SMILES string of the molecule is NOCC(=O)NCCOCCO. The Morgan fingerprint density at radius 1 is 1.50 bits per heavy atom. The Morgan fingerprint density at radius 2 is 2.25 bits per heavy atom. The van der Waals surface area contributed by atoms with Gasteiger partial charge in [0.25, 0.3) is 0 Å². The maximum atomic E-state index is 10.7. The van der Waals surface area contributed by atoms with E-state index in [2.05, 4.69) is 16.1 Å². The summed E-state index contributed by atoms with van der Waals surface area (Å²) in [7, 11) is 0. The van der Waals surface area contributed by atoms with Crippen LogP contribution in [0.15, 0.2) is 0 Å². The van der Waals surface area contributed by atoms with Gasteiger partial charge in [-0.2, -0.15) is 0 Å². The lowest BCUT2D eigenvalue weighted by molar-refractivity contribution is -0.126. The molecule has 1 amide bonds. The molecule has 0 aromatic carbocycles. The summed E-state index contributed by atoms with van der Waals surface area (Å²) in [6, 6.07) is 0. The van der Waals surface area contributed by atoms with Crippen LogP contribution in [0.4, 0.5) is 0 Å². The third-order valence-corrected chi connectivity index (χ3v) is 1.02. The lowest BCUT2D eigenvalue weighted by Crippen LogP contribution is -2.31. The van der Waals surface area contributed by atoms with E-state index in [-0.39, 0.29) is 25.7 Å². The van der Waals surface area contributed by atoms with E-state index in [4.69, 9.17) is 9.84 Å². The molecule has 0 aromatic heterocycles. The molecule has 6 heteroatoms. The van der Waals surface area contributed by atoms with Crippen molar-refractivity contribution < 1.29 is 19.5 Å². The molecule has 0 bridgehead atoms. The first kappa shape index (κ1) is 11.3. The standard InChI is InChI=1S/C6H14N2O4/c7-12-5-6(10)8-1-3-11-4-2-9/h9H,1-5,7H2,(H,8,10). The Hall–Kier alpha value is -0.690. The quantitative estimate of drug-likeness (QED) is 0.310. The third-order valence-electron chi connectivity index (χ3n) is 1.02. The Bertz CT molecular complexity index is 120. The van der Waals surface area contributed by atoms with Crippen LogP contribution < -0.4 is 11.2 Å². The molecule has 0 aliphatic heterocycles. The van der Waals surface area contributed by atoms with Gasteiger partial charge in [-0.1, -0.05) is 0 Å². The van der Waals surface area contributed by atoms with Gasteiger partial charge in [-0.15, -0.1) is 0 Å². The van der Waals surface area contributed by atoms with Crippen molar-refractivity contribution in [1.82, 2.24) is 5.32 Å². The fourth-order valence-electron chi connectivity index (χ4n) is 0.556. The van der Waals surface area contributed by atoms with Crippen molar-refractivity contribution in [1.29, 1.82) is 0 Å². The van der Waals surface area contributed by atoms with Gasteiger partial charge in [-0.25, -0.2) is 5.90 Å². The van der Waals surface area contributed by atoms with E-state index in [1.54, 1.807) is 0 Å². The zero-order valence-electron chi connectivity index (χ0n) is 6.78. The van der Waals surface area contributed by atoms with E-state index >= 15 is 0 Å². The van der Waals surface area contributed by atoms with Crippen LogP contribution in [0, 0.1) is 0 Å². The molecular weight excluding hydrogens is 164 g/mol. The molecule has 0 saturated heterocycles. The van der Waals surface area contributed by atoms with Crippen molar-refractivity contribution in [2.45, 2.75) is 0 Å². The molecule has 6 nitrogen and oxygen atoms in total. The molecule has 0 unspecified atom stereocenters. The van der Waals surface area contributed by atoms with E-state index in [1.807, 2.05) is 0 Å². The molecule has 0 spiro atoms. The molecule has 0 aromatic rings. The van der Waals surface area contributed by atoms with Gasteiger partial charge >= 0.3 is 0 Å². The van der Waals surface area contributed by atoms with Crippen LogP contribution in [-0.4, -0.2) is 44.0 Å². The largest absolute Gasteiger partial charge is 0.394 e. The summed E-state index contributed by atoms with van der Waals surface area (Å²) in [6.07, 6.45) is 0. The predicted octanol–water partition coefficient (Wildman–Crippen LogP) is -2.00. The molecule has 12 heavy (non-hydrogen) atoms. The van der Waals surface area contributed by atoms with E-state index in [1.165, 1.54) is 0 Å². The maximum Gasteiger partial charge on any atom is 0.248 e. The van der Waals surface area contributed by atoms with Gasteiger partial charge in [-0.05, 0) is 0 Å². The number of hydrogen-bond donors (Lipinski definition) is 3. The highest BCUT2D eigenvalue weighted by Crippen LogP contribution is 1.72. The van der Waals surface area contributed by atoms with Gasteiger partial charge in [0.05, 0.1) is 19.8 Å². The number of nitrogens with one attached hydrogen (secondary N) is 1. The Morgan fingerprint density at radius 3 is 2.83 bits per heavy atom. The summed E-state index contributed by atoms with van der Waals surface area (Å²) in [4.78, 5) is 14.7. The van der Waals surface area contributed by atoms with Crippen LogP contribution in [0.2, 0.25) is 0 Å². The summed E-state index contributed by atoms with van der Waals surface area (Å²) in [5.74, 6) is 4.37. The predicted molar refractivity (Wildman–Crippen MR) is 41.1 cm³/mol. The van der Waals surface area contributed by atoms with Crippen molar-refractivity contribution in [3.05, 3.63) is 0 Å². The first-order valence-corrected chi connectivity index (χ1v) is 3.58. The zero-order chi connectivity index (χ0) is 9.23. The second-order valence-electron chi connectivity index (χ2n) is 2.00. The molecule has 0 aliphatic rings. The summed E-state index contributed by atoms with van der Waals surface area (Å²) in [5, 5.41) is 10.8. The molecule has 0 radical (unpaired) electrons.